The number of ketones is 1. The molecule has 0 unspecified atom stereocenters. The van der Waals surface area contributed by atoms with Gasteiger partial charge in [0.2, 0.25) is 5.91 Å². The van der Waals surface area contributed by atoms with Gasteiger partial charge in [-0.1, -0.05) is 18.2 Å². The third kappa shape index (κ3) is 6.10. The number of carbonyl (C=O) groups is 3. The summed E-state index contributed by atoms with van der Waals surface area (Å²) in [6.07, 6.45) is 0.724. The smallest absolute Gasteiger partial charge is 0.269 e. The number of amides is 2. The van der Waals surface area contributed by atoms with Crippen molar-refractivity contribution < 1.29 is 19.1 Å². The maximum Gasteiger partial charge on any atom is 0.269 e. The largest absolute Gasteiger partial charge is 0.494 e. The van der Waals surface area contributed by atoms with Gasteiger partial charge in [-0.25, -0.2) is 0 Å². The van der Waals surface area contributed by atoms with Crippen LogP contribution in [0, 0.1) is 0 Å². The van der Waals surface area contributed by atoms with Crippen LogP contribution < -0.4 is 15.6 Å². The first-order valence-electron chi connectivity index (χ1n) is 7.94. The quantitative estimate of drug-likeness (QED) is 0.461. The van der Waals surface area contributed by atoms with Crippen LogP contribution in [-0.2, 0) is 4.79 Å². The van der Waals surface area contributed by atoms with Crippen LogP contribution in [0.15, 0.2) is 54.6 Å². The van der Waals surface area contributed by atoms with E-state index in [1.54, 1.807) is 48.5 Å². The molecule has 0 atom stereocenters. The molecule has 0 heterocycles. The third-order valence-corrected chi connectivity index (χ3v) is 3.43. The molecule has 6 nitrogen and oxygen atoms in total. The summed E-state index contributed by atoms with van der Waals surface area (Å²) in [5, 5.41) is 0. The monoisotopic (exact) mass is 340 g/mol. The second kappa shape index (κ2) is 9.22. The second-order valence-corrected chi connectivity index (χ2v) is 5.40. The molecule has 2 aromatic rings. The Morgan fingerprint density at radius 1 is 0.880 bits per heavy atom. The topological polar surface area (TPSA) is 84.5 Å². The highest BCUT2D eigenvalue weighted by Gasteiger charge is 2.06. The predicted molar refractivity (Wildman–Crippen MR) is 93.2 cm³/mol. The van der Waals surface area contributed by atoms with Crippen molar-refractivity contribution in [1.29, 1.82) is 0 Å². The summed E-state index contributed by atoms with van der Waals surface area (Å²) in [5.74, 6) is -0.0147. The molecule has 0 fully saturated rings. The van der Waals surface area contributed by atoms with Gasteiger partial charge in [0.1, 0.15) is 5.75 Å². The molecule has 0 saturated carbocycles. The highest BCUT2D eigenvalue weighted by atomic mass is 16.5. The van der Waals surface area contributed by atoms with Gasteiger partial charge in [0, 0.05) is 17.5 Å². The van der Waals surface area contributed by atoms with Crippen molar-refractivity contribution in [2.45, 2.75) is 19.8 Å². The lowest BCUT2D eigenvalue weighted by Crippen LogP contribution is -2.41. The lowest BCUT2D eigenvalue weighted by atomic mass is 10.1. The van der Waals surface area contributed by atoms with Gasteiger partial charge in [0.25, 0.3) is 5.91 Å². The van der Waals surface area contributed by atoms with E-state index in [0.717, 1.165) is 0 Å². The van der Waals surface area contributed by atoms with Gasteiger partial charge in [-0.15, -0.1) is 0 Å². The molecule has 0 bridgehead atoms. The van der Waals surface area contributed by atoms with Crippen LogP contribution in [-0.4, -0.2) is 24.2 Å². The molecule has 130 valence electrons. The lowest BCUT2D eigenvalue weighted by molar-refractivity contribution is -0.122. The number of rotatable bonds is 7. The van der Waals surface area contributed by atoms with E-state index < -0.39 is 0 Å². The number of hydrogen-bond donors (Lipinski definition) is 2. The molecule has 2 amide bonds. The van der Waals surface area contributed by atoms with Crippen molar-refractivity contribution in [3.8, 4) is 5.75 Å². The van der Waals surface area contributed by atoms with Crippen LogP contribution in [0.1, 0.15) is 40.5 Å². The summed E-state index contributed by atoms with van der Waals surface area (Å²) in [6.45, 7) is 1.87. The zero-order valence-electron chi connectivity index (χ0n) is 14.0. The first-order valence-corrected chi connectivity index (χ1v) is 7.94. The minimum atomic E-state index is -0.365. The van der Waals surface area contributed by atoms with E-state index in [4.69, 9.17) is 4.74 Å². The Hall–Kier alpha value is -3.15. The van der Waals surface area contributed by atoms with Gasteiger partial charge < -0.3 is 4.74 Å². The van der Waals surface area contributed by atoms with Crippen molar-refractivity contribution >= 4 is 17.6 Å². The zero-order chi connectivity index (χ0) is 18.1. The first-order chi connectivity index (χ1) is 12.1. The molecule has 0 aliphatic carbocycles. The first kappa shape index (κ1) is 18.2. The van der Waals surface area contributed by atoms with Crippen LogP contribution in [0.4, 0.5) is 0 Å². The van der Waals surface area contributed by atoms with Crippen molar-refractivity contribution in [2.75, 3.05) is 6.61 Å². The van der Waals surface area contributed by atoms with E-state index in [9.17, 15) is 14.4 Å². The SMILES string of the molecule is CC(=O)c1ccc(OCCCC(=O)NNC(=O)c2ccccc2)cc1. The van der Waals surface area contributed by atoms with Crippen molar-refractivity contribution in [1.82, 2.24) is 10.9 Å². The zero-order valence-corrected chi connectivity index (χ0v) is 14.0. The highest BCUT2D eigenvalue weighted by molar-refractivity contribution is 5.95. The second-order valence-electron chi connectivity index (χ2n) is 5.40. The molecule has 0 aromatic heterocycles. The number of benzene rings is 2. The number of Topliss-reactive ketones (excluding diaryl/α,β-unsaturated/α-hetero) is 1. The van der Waals surface area contributed by atoms with Gasteiger partial charge in [0.05, 0.1) is 6.61 Å². The van der Waals surface area contributed by atoms with Gasteiger partial charge in [-0.2, -0.15) is 0 Å². The molecule has 2 aromatic carbocycles. The normalized spacial score (nSPS) is 9.96. The Morgan fingerprint density at radius 2 is 1.56 bits per heavy atom. The molecule has 2 rings (SSSR count). The molecular weight excluding hydrogens is 320 g/mol. The Labute approximate surface area is 146 Å². The number of hydrazine groups is 1. The fraction of sp³-hybridized carbons (Fsp3) is 0.211. The maximum absolute atomic E-state index is 11.8. The van der Waals surface area contributed by atoms with Gasteiger partial charge in [0.15, 0.2) is 5.78 Å². The Balaban J connectivity index is 1.63. The Morgan fingerprint density at radius 3 is 2.20 bits per heavy atom. The number of ether oxygens (including phenoxy) is 1. The molecule has 0 aliphatic rings. The van der Waals surface area contributed by atoms with Crippen LogP contribution in [0.5, 0.6) is 5.75 Å². The van der Waals surface area contributed by atoms with Crippen molar-refractivity contribution in [2.24, 2.45) is 0 Å². The lowest BCUT2D eigenvalue weighted by Gasteiger charge is -2.08. The molecular formula is C19H20N2O4. The predicted octanol–water partition coefficient (Wildman–Crippen LogP) is 2.51. The van der Waals surface area contributed by atoms with Crippen LogP contribution in [0.2, 0.25) is 0 Å². The highest BCUT2D eigenvalue weighted by Crippen LogP contribution is 2.13. The Kier molecular flexibility index (Phi) is 6.71. The van der Waals surface area contributed by atoms with E-state index in [1.165, 1.54) is 6.92 Å². The maximum atomic E-state index is 11.8. The van der Waals surface area contributed by atoms with Gasteiger partial charge in [-0.05, 0) is 49.7 Å². The van der Waals surface area contributed by atoms with Crippen LogP contribution in [0.25, 0.3) is 0 Å². The molecule has 0 aliphatic heterocycles. The number of carbonyl (C=O) groups excluding carboxylic acids is 3. The molecule has 0 spiro atoms. The van der Waals surface area contributed by atoms with Crippen LogP contribution in [0.3, 0.4) is 0 Å². The summed E-state index contributed by atoms with van der Waals surface area (Å²) in [5.41, 5.74) is 5.83. The molecule has 25 heavy (non-hydrogen) atoms. The summed E-state index contributed by atoms with van der Waals surface area (Å²) < 4.78 is 5.51. The van der Waals surface area contributed by atoms with Gasteiger partial charge in [-0.3, -0.25) is 25.2 Å². The van der Waals surface area contributed by atoms with E-state index in [-0.39, 0.29) is 24.0 Å². The fourth-order valence-electron chi connectivity index (χ4n) is 2.06. The van der Waals surface area contributed by atoms with Crippen molar-refractivity contribution in [3.63, 3.8) is 0 Å². The van der Waals surface area contributed by atoms with E-state index in [1.807, 2.05) is 6.07 Å². The van der Waals surface area contributed by atoms with Gasteiger partial charge >= 0.3 is 0 Å². The van der Waals surface area contributed by atoms with Crippen LogP contribution >= 0.6 is 0 Å². The average Bonchev–Trinajstić information content (AvgIpc) is 2.64. The van der Waals surface area contributed by atoms with E-state index in [2.05, 4.69) is 10.9 Å². The molecule has 2 N–H and O–H groups in total. The minimum Gasteiger partial charge on any atom is -0.494 e. The summed E-state index contributed by atoms with van der Waals surface area (Å²) in [7, 11) is 0. The van der Waals surface area contributed by atoms with E-state index >= 15 is 0 Å². The summed E-state index contributed by atoms with van der Waals surface area (Å²) >= 11 is 0. The van der Waals surface area contributed by atoms with E-state index in [0.29, 0.717) is 29.9 Å². The number of nitrogens with one attached hydrogen (secondary N) is 2. The molecule has 6 heteroatoms. The number of hydrogen-bond acceptors (Lipinski definition) is 4. The summed E-state index contributed by atoms with van der Waals surface area (Å²) in [4.78, 5) is 34.6. The summed E-state index contributed by atoms with van der Waals surface area (Å²) in [6, 6.07) is 15.5. The third-order valence-electron chi connectivity index (χ3n) is 3.43. The molecule has 0 saturated heterocycles. The average molecular weight is 340 g/mol. The minimum absolute atomic E-state index is 0.000714. The van der Waals surface area contributed by atoms with Crippen molar-refractivity contribution in [3.05, 3.63) is 65.7 Å². The molecule has 0 radical (unpaired) electrons. The standard InChI is InChI=1S/C19H20N2O4/c1-14(22)15-9-11-17(12-10-15)25-13-5-8-18(23)20-21-19(24)16-6-3-2-4-7-16/h2-4,6-7,9-12H,5,8,13H2,1H3,(H,20,23)(H,21,24). The fourth-order valence-corrected chi connectivity index (χ4v) is 2.06. The Bertz CT molecular complexity index is 727.